The van der Waals surface area contributed by atoms with Crippen molar-refractivity contribution in [3.8, 4) is 11.5 Å². The zero-order chi connectivity index (χ0) is 13.1. The largest absolute Gasteiger partial charge is 0.504 e. The second-order valence-electron chi connectivity index (χ2n) is 3.93. The first-order chi connectivity index (χ1) is 8.61. The minimum atomic E-state index is -0.839. The lowest BCUT2D eigenvalue weighted by Gasteiger charge is -2.13. The van der Waals surface area contributed by atoms with Crippen LogP contribution in [0.5, 0.6) is 11.5 Å². The summed E-state index contributed by atoms with van der Waals surface area (Å²) in [4.78, 5) is 10.9. The first-order valence-electron chi connectivity index (χ1n) is 5.68. The molecule has 0 unspecified atom stereocenters. The van der Waals surface area contributed by atoms with Crippen LogP contribution in [0.3, 0.4) is 0 Å². The van der Waals surface area contributed by atoms with Crippen molar-refractivity contribution in [2.24, 2.45) is 0 Å². The Morgan fingerprint density at radius 2 is 2.39 bits per heavy atom. The van der Waals surface area contributed by atoms with Crippen LogP contribution in [0.1, 0.15) is 17.9 Å². The Morgan fingerprint density at radius 3 is 3.00 bits per heavy atom. The summed E-state index contributed by atoms with van der Waals surface area (Å²) in [5.41, 5.74) is 0.907. The zero-order valence-corrected chi connectivity index (χ0v) is 10.7. The van der Waals surface area contributed by atoms with E-state index in [1.165, 1.54) is 11.8 Å². The Bertz CT molecular complexity index is 452. The number of benzene rings is 1. The van der Waals surface area contributed by atoms with Crippen LogP contribution in [0, 0.1) is 0 Å². The number of aromatic hydroxyl groups is 1. The van der Waals surface area contributed by atoms with Crippen molar-refractivity contribution in [3.63, 3.8) is 0 Å². The van der Waals surface area contributed by atoms with E-state index >= 15 is 0 Å². The van der Waals surface area contributed by atoms with Gasteiger partial charge in [-0.3, -0.25) is 10.1 Å². The summed E-state index contributed by atoms with van der Waals surface area (Å²) in [5, 5.41) is 21.5. The molecule has 1 aliphatic heterocycles. The SMILES string of the molecule is CCOc1cc([C@H]2N[C@@H](C(=O)O)CS2)ccc1O. The molecule has 0 radical (unpaired) electrons. The van der Waals surface area contributed by atoms with Gasteiger partial charge in [0.05, 0.1) is 12.0 Å². The number of carbonyl (C=O) groups is 1. The maximum Gasteiger partial charge on any atom is 0.321 e. The third-order valence-corrected chi connectivity index (χ3v) is 3.93. The van der Waals surface area contributed by atoms with Crippen LogP contribution < -0.4 is 10.1 Å². The number of phenolic OH excluding ortho intramolecular Hbond substituents is 1. The summed E-state index contributed by atoms with van der Waals surface area (Å²) in [6, 6.07) is 4.56. The van der Waals surface area contributed by atoms with Crippen LogP contribution in [0.25, 0.3) is 0 Å². The lowest BCUT2D eigenvalue weighted by Crippen LogP contribution is -2.33. The van der Waals surface area contributed by atoms with Crippen molar-refractivity contribution in [2.75, 3.05) is 12.4 Å². The lowest BCUT2D eigenvalue weighted by molar-refractivity contribution is -0.138. The van der Waals surface area contributed by atoms with Crippen molar-refractivity contribution >= 4 is 17.7 Å². The molecule has 3 N–H and O–H groups in total. The molecule has 0 bridgehead atoms. The number of hydrogen-bond acceptors (Lipinski definition) is 5. The van der Waals surface area contributed by atoms with E-state index in [-0.39, 0.29) is 11.1 Å². The Balaban J connectivity index is 2.14. The number of phenols is 1. The summed E-state index contributed by atoms with van der Waals surface area (Å²) in [5.74, 6) is 0.216. The van der Waals surface area contributed by atoms with Gasteiger partial charge in [-0.05, 0) is 24.6 Å². The molecule has 1 heterocycles. The Hall–Kier alpha value is -1.40. The first-order valence-corrected chi connectivity index (χ1v) is 6.73. The highest BCUT2D eigenvalue weighted by molar-refractivity contribution is 7.99. The highest BCUT2D eigenvalue weighted by atomic mass is 32.2. The fourth-order valence-electron chi connectivity index (χ4n) is 1.77. The molecule has 0 spiro atoms. The summed E-state index contributed by atoms with van der Waals surface area (Å²) >= 11 is 1.54. The normalized spacial score (nSPS) is 22.9. The van der Waals surface area contributed by atoms with Gasteiger partial charge in [-0.1, -0.05) is 6.07 Å². The van der Waals surface area contributed by atoms with Gasteiger partial charge < -0.3 is 14.9 Å². The summed E-state index contributed by atoms with van der Waals surface area (Å²) < 4.78 is 5.31. The molecule has 1 fully saturated rings. The maximum absolute atomic E-state index is 10.9. The van der Waals surface area contributed by atoms with Crippen LogP contribution in [0.2, 0.25) is 0 Å². The second kappa shape index (κ2) is 5.49. The monoisotopic (exact) mass is 269 g/mol. The highest BCUT2D eigenvalue weighted by Gasteiger charge is 2.30. The number of carboxylic acid groups (broad SMARTS) is 1. The summed E-state index contributed by atoms with van der Waals surface area (Å²) in [6.45, 7) is 2.31. The van der Waals surface area contributed by atoms with Gasteiger partial charge >= 0.3 is 5.97 Å². The van der Waals surface area contributed by atoms with E-state index in [1.807, 2.05) is 6.92 Å². The van der Waals surface area contributed by atoms with Gasteiger partial charge in [-0.25, -0.2) is 0 Å². The third-order valence-electron chi connectivity index (χ3n) is 2.67. The summed E-state index contributed by atoms with van der Waals surface area (Å²) in [7, 11) is 0. The fourth-order valence-corrected chi connectivity index (χ4v) is 2.99. The summed E-state index contributed by atoms with van der Waals surface area (Å²) in [6.07, 6.45) is 0. The topological polar surface area (TPSA) is 78.8 Å². The predicted octanol–water partition coefficient (Wildman–Crippen LogP) is 1.58. The van der Waals surface area contributed by atoms with Crippen molar-refractivity contribution in [3.05, 3.63) is 23.8 Å². The van der Waals surface area contributed by atoms with Crippen molar-refractivity contribution in [1.82, 2.24) is 5.32 Å². The van der Waals surface area contributed by atoms with Crippen molar-refractivity contribution in [1.29, 1.82) is 0 Å². The Kier molecular flexibility index (Phi) is 3.98. The molecule has 1 aromatic rings. The van der Waals surface area contributed by atoms with E-state index in [1.54, 1.807) is 18.2 Å². The van der Waals surface area contributed by atoms with Gasteiger partial charge in [-0.2, -0.15) is 0 Å². The maximum atomic E-state index is 10.9. The standard InChI is InChI=1S/C12H15NO4S/c1-2-17-10-5-7(3-4-9(10)14)11-13-8(6-18-11)12(15)16/h3-5,8,11,13-14H,2,6H2,1H3,(H,15,16)/t8-,11+/m1/s1. The van der Waals surface area contributed by atoms with Crippen molar-refractivity contribution < 1.29 is 19.7 Å². The van der Waals surface area contributed by atoms with Gasteiger partial charge in [-0.15, -0.1) is 11.8 Å². The van der Waals surface area contributed by atoms with Crippen LogP contribution in [-0.4, -0.2) is 34.6 Å². The van der Waals surface area contributed by atoms with Gasteiger partial charge in [0.25, 0.3) is 0 Å². The highest BCUT2D eigenvalue weighted by Crippen LogP contribution is 2.37. The van der Waals surface area contributed by atoms with E-state index in [2.05, 4.69) is 5.32 Å². The molecule has 1 aromatic carbocycles. The molecule has 6 heteroatoms. The molecule has 0 aliphatic carbocycles. The van der Waals surface area contributed by atoms with Crippen LogP contribution in [-0.2, 0) is 4.79 Å². The molecular formula is C12H15NO4S. The smallest absolute Gasteiger partial charge is 0.321 e. The van der Waals surface area contributed by atoms with Crippen molar-refractivity contribution in [2.45, 2.75) is 18.3 Å². The minimum Gasteiger partial charge on any atom is -0.504 e. The number of carboxylic acids is 1. The number of hydrogen-bond donors (Lipinski definition) is 3. The molecule has 2 rings (SSSR count). The van der Waals surface area contributed by atoms with E-state index in [0.717, 1.165) is 5.56 Å². The van der Waals surface area contributed by atoms with Crippen LogP contribution >= 0.6 is 11.8 Å². The quantitative estimate of drug-likeness (QED) is 0.770. The van der Waals surface area contributed by atoms with E-state index in [9.17, 15) is 9.90 Å². The van der Waals surface area contributed by atoms with Crippen LogP contribution in [0.4, 0.5) is 0 Å². The number of thioether (sulfide) groups is 1. The zero-order valence-electron chi connectivity index (χ0n) is 9.92. The van der Waals surface area contributed by atoms with Crippen LogP contribution in [0.15, 0.2) is 18.2 Å². The Morgan fingerprint density at radius 1 is 1.61 bits per heavy atom. The van der Waals surface area contributed by atoms with Gasteiger partial charge in [0.1, 0.15) is 6.04 Å². The number of ether oxygens (including phenoxy) is 1. The van der Waals surface area contributed by atoms with Gasteiger partial charge in [0, 0.05) is 5.75 Å². The molecule has 18 heavy (non-hydrogen) atoms. The first kappa shape index (κ1) is 13.0. The van der Waals surface area contributed by atoms with E-state index in [4.69, 9.17) is 9.84 Å². The molecule has 1 aliphatic rings. The number of rotatable bonds is 4. The molecule has 0 saturated carbocycles. The fraction of sp³-hybridized carbons (Fsp3) is 0.417. The molecule has 1 saturated heterocycles. The molecule has 2 atom stereocenters. The average Bonchev–Trinajstić information content (AvgIpc) is 2.82. The van der Waals surface area contributed by atoms with E-state index < -0.39 is 12.0 Å². The number of nitrogens with one attached hydrogen (secondary N) is 1. The molecule has 0 aromatic heterocycles. The molecular weight excluding hydrogens is 254 g/mol. The number of aliphatic carboxylic acids is 1. The lowest BCUT2D eigenvalue weighted by atomic mass is 10.2. The minimum absolute atomic E-state index is 0.0779. The second-order valence-corrected chi connectivity index (χ2v) is 5.07. The predicted molar refractivity (Wildman–Crippen MR) is 69.0 cm³/mol. The molecule has 98 valence electrons. The Labute approximate surface area is 109 Å². The van der Waals surface area contributed by atoms with Gasteiger partial charge in [0.2, 0.25) is 0 Å². The molecule has 5 nitrogen and oxygen atoms in total. The van der Waals surface area contributed by atoms with Gasteiger partial charge in [0.15, 0.2) is 11.5 Å². The van der Waals surface area contributed by atoms with E-state index in [0.29, 0.717) is 18.1 Å². The molecule has 0 amide bonds. The third kappa shape index (κ3) is 2.70. The average molecular weight is 269 g/mol.